The zero-order valence-electron chi connectivity index (χ0n) is 14.5. The van der Waals surface area contributed by atoms with Crippen LogP contribution < -0.4 is 10.2 Å². The van der Waals surface area contributed by atoms with Gasteiger partial charge in [0.1, 0.15) is 23.5 Å². The average Bonchev–Trinajstić information content (AvgIpc) is 3.03. The second-order valence-electron chi connectivity index (χ2n) is 5.64. The summed E-state index contributed by atoms with van der Waals surface area (Å²) < 4.78 is 17.1. The number of hydrogen-bond donors (Lipinski definition) is 1. The van der Waals surface area contributed by atoms with Gasteiger partial charge in [0.05, 0.1) is 11.6 Å². The molecule has 3 rings (SSSR count). The van der Waals surface area contributed by atoms with Gasteiger partial charge in [0.25, 0.3) is 0 Å². The van der Waals surface area contributed by atoms with E-state index in [4.69, 9.17) is 13.6 Å². The molecule has 3 aromatic rings. The highest BCUT2D eigenvalue weighted by Gasteiger charge is 2.21. The van der Waals surface area contributed by atoms with E-state index in [1.165, 1.54) is 12.3 Å². The van der Waals surface area contributed by atoms with Crippen molar-refractivity contribution in [3.8, 4) is 11.5 Å². The number of aromatic hydroxyl groups is 1. The monoisotopic (exact) mass is 367 g/mol. The Morgan fingerprint density at radius 2 is 1.96 bits per heavy atom. The van der Waals surface area contributed by atoms with Gasteiger partial charge < -0.3 is 23.6 Å². The summed E-state index contributed by atoms with van der Waals surface area (Å²) in [6.07, 6.45) is 1.46. The smallest absolute Gasteiger partial charge is 0.206 e. The van der Waals surface area contributed by atoms with Crippen molar-refractivity contribution in [2.45, 2.75) is 20.8 Å². The number of fused-ring (bicyclic) bond motifs is 2. The molecule has 7 heteroatoms. The van der Waals surface area contributed by atoms with Crippen LogP contribution in [0, 0.1) is 6.92 Å². The van der Waals surface area contributed by atoms with Crippen molar-refractivity contribution in [3.63, 3.8) is 0 Å². The first kappa shape index (κ1) is 19.1. The van der Waals surface area contributed by atoms with Gasteiger partial charge in [0.2, 0.25) is 5.75 Å². The summed E-state index contributed by atoms with van der Waals surface area (Å²) in [5.74, 6) is 0.667. The number of benzene rings is 1. The molecule has 0 saturated carbocycles. The number of aryl methyl sites for hydroxylation is 1. The molecule has 0 radical (unpaired) electrons. The lowest BCUT2D eigenvalue weighted by molar-refractivity contribution is 0.222. The molecule has 0 bridgehead atoms. The first-order chi connectivity index (χ1) is 11.6. The summed E-state index contributed by atoms with van der Waals surface area (Å²) >= 11 is 0. The van der Waals surface area contributed by atoms with E-state index in [9.17, 15) is 9.90 Å². The minimum Gasteiger partial charge on any atom is -0.506 e. The SMILES string of the molecule is CCN(CC)CCOc1c2occc2c(O)c2c(=O)cc(C)oc12.Cl. The average molecular weight is 368 g/mol. The Kier molecular flexibility index (Phi) is 5.98. The van der Waals surface area contributed by atoms with E-state index in [0.717, 1.165) is 19.6 Å². The van der Waals surface area contributed by atoms with Crippen molar-refractivity contribution >= 4 is 34.3 Å². The van der Waals surface area contributed by atoms with E-state index in [1.807, 2.05) is 0 Å². The van der Waals surface area contributed by atoms with Crippen molar-refractivity contribution in [1.29, 1.82) is 0 Å². The highest BCUT2D eigenvalue weighted by Crippen LogP contribution is 2.41. The van der Waals surface area contributed by atoms with E-state index in [1.54, 1.807) is 13.0 Å². The third-order valence-electron chi connectivity index (χ3n) is 4.19. The fourth-order valence-electron chi connectivity index (χ4n) is 2.85. The number of rotatable bonds is 6. The molecule has 1 N–H and O–H groups in total. The van der Waals surface area contributed by atoms with Gasteiger partial charge in [0, 0.05) is 12.6 Å². The summed E-state index contributed by atoms with van der Waals surface area (Å²) in [6.45, 7) is 8.90. The molecule has 136 valence electrons. The maximum atomic E-state index is 12.3. The van der Waals surface area contributed by atoms with Crippen molar-refractivity contribution in [2.75, 3.05) is 26.2 Å². The molecule has 0 aliphatic rings. The van der Waals surface area contributed by atoms with Gasteiger partial charge in [-0.3, -0.25) is 4.79 Å². The van der Waals surface area contributed by atoms with Gasteiger partial charge in [0.15, 0.2) is 16.6 Å². The normalized spacial score (nSPS) is 11.2. The maximum absolute atomic E-state index is 12.3. The number of phenolic OH excluding ortho intramolecular Hbond substituents is 1. The van der Waals surface area contributed by atoms with Crippen LogP contribution >= 0.6 is 12.4 Å². The Bertz CT molecular complexity index is 926. The van der Waals surface area contributed by atoms with Crippen LogP contribution in [0.25, 0.3) is 21.9 Å². The molecule has 2 heterocycles. The first-order valence-electron chi connectivity index (χ1n) is 8.08. The molecule has 0 unspecified atom stereocenters. The van der Waals surface area contributed by atoms with Gasteiger partial charge in [-0.2, -0.15) is 0 Å². The topological polar surface area (TPSA) is 76.1 Å². The molecule has 0 aliphatic heterocycles. The summed E-state index contributed by atoms with van der Waals surface area (Å²) in [5, 5.41) is 11.0. The van der Waals surface area contributed by atoms with Crippen molar-refractivity contribution in [2.24, 2.45) is 0 Å². The maximum Gasteiger partial charge on any atom is 0.206 e. The predicted molar refractivity (Wildman–Crippen MR) is 99.2 cm³/mol. The van der Waals surface area contributed by atoms with Crippen LogP contribution in [0.1, 0.15) is 19.6 Å². The lowest BCUT2D eigenvalue weighted by Crippen LogP contribution is -2.28. The second kappa shape index (κ2) is 7.80. The standard InChI is InChI=1S/C18H21NO5.ClH/c1-4-19(5-2)7-9-23-18-16-12(6-8-22-16)15(21)14-13(20)10-11(3)24-17(14)18;/h6,8,10,21H,4-5,7,9H2,1-3H3;1H. The van der Waals surface area contributed by atoms with Crippen LogP contribution in [0.5, 0.6) is 11.5 Å². The third-order valence-corrected chi connectivity index (χ3v) is 4.19. The highest BCUT2D eigenvalue weighted by atomic mass is 35.5. The third kappa shape index (κ3) is 3.45. The van der Waals surface area contributed by atoms with Crippen molar-refractivity contribution < 1.29 is 18.7 Å². The minimum atomic E-state index is -0.303. The second-order valence-corrected chi connectivity index (χ2v) is 5.64. The van der Waals surface area contributed by atoms with E-state index in [0.29, 0.717) is 29.1 Å². The van der Waals surface area contributed by atoms with Crippen LogP contribution in [0.15, 0.2) is 32.0 Å². The molecule has 0 aliphatic carbocycles. The number of nitrogens with zero attached hydrogens (tertiary/aromatic N) is 1. The van der Waals surface area contributed by atoms with Gasteiger partial charge in [-0.05, 0) is 26.1 Å². The van der Waals surface area contributed by atoms with Gasteiger partial charge in [-0.15, -0.1) is 12.4 Å². The van der Waals surface area contributed by atoms with Gasteiger partial charge >= 0.3 is 0 Å². The molecule has 6 nitrogen and oxygen atoms in total. The lowest BCUT2D eigenvalue weighted by atomic mass is 10.1. The molecule has 1 aromatic carbocycles. The number of furan rings is 1. The molecule has 0 amide bonds. The molecule has 0 fully saturated rings. The molecular weight excluding hydrogens is 346 g/mol. The Morgan fingerprint density at radius 1 is 1.24 bits per heavy atom. The van der Waals surface area contributed by atoms with E-state index in [-0.39, 0.29) is 34.6 Å². The Labute approximate surface area is 151 Å². The molecule has 0 saturated heterocycles. The molecular formula is C18H22ClNO5. The number of likely N-dealkylation sites (N-methyl/N-ethyl adjacent to an activating group) is 1. The van der Waals surface area contributed by atoms with Gasteiger partial charge in [-0.1, -0.05) is 13.8 Å². The molecule has 0 spiro atoms. The largest absolute Gasteiger partial charge is 0.506 e. The fraction of sp³-hybridized carbons (Fsp3) is 0.389. The van der Waals surface area contributed by atoms with Crippen molar-refractivity contribution in [1.82, 2.24) is 4.90 Å². The van der Waals surface area contributed by atoms with E-state index >= 15 is 0 Å². The summed E-state index contributed by atoms with van der Waals surface area (Å²) in [4.78, 5) is 14.5. The Morgan fingerprint density at radius 3 is 2.64 bits per heavy atom. The zero-order valence-corrected chi connectivity index (χ0v) is 15.3. The fourth-order valence-corrected chi connectivity index (χ4v) is 2.85. The van der Waals surface area contributed by atoms with Crippen LogP contribution in [-0.2, 0) is 0 Å². The molecule has 2 aromatic heterocycles. The highest BCUT2D eigenvalue weighted by molar-refractivity contribution is 6.06. The number of ether oxygens (including phenoxy) is 1. The van der Waals surface area contributed by atoms with Gasteiger partial charge in [-0.25, -0.2) is 0 Å². The Hall–Kier alpha value is -2.18. The van der Waals surface area contributed by atoms with Crippen LogP contribution in [0.2, 0.25) is 0 Å². The summed E-state index contributed by atoms with van der Waals surface area (Å²) in [7, 11) is 0. The lowest BCUT2D eigenvalue weighted by Gasteiger charge is -2.18. The summed E-state index contributed by atoms with van der Waals surface area (Å²) in [6, 6.07) is 2.97. The van der Waals surface area contributed by atoms with Crippen LogP contribution in [0.4, 0.5) is 0 Å². The number of hydrogen-bond acceptors (Lipinski definition) is 6. The Balaban J connectivity index is 0.00000225. The summed E-state index contributed by atoms with van der Waals surface area (Å²) in [5.41, 5.74) is 0.302. The first-order valence-corrected chi connectivity index (χ1v) is 8.08. The van der Waals surface area contributed by atoms with Crippen molar-refractivity contribution in [3.05, 3.63) is 34.4 Å². The van der Waals surface area contributed by atoms with E-state index < -0.39 is 0 Å². The number of phenols is 1. The van der Waals surface area contributed by atoms with Crippen LogP contribution in [0.3, 0.4) is 0 Å². The molecule has 25 heavy (non-hydrogen) atoms. The zero-order chi connectivity index (χ0) is 17.3. The minimum absolute atomic E-state index is 0. The molecule has 0 atom stereocenters. The predicted octanol–water partition coefficient (Wildman–Crippen LogP) is 3.70. The number of halogens is 1. The van der Waals surface area contributed by atoms with Crippen LogP contribution in [-0.4, -0.2) is 36.2 Å². The quantitative estimate of drug-likeness (QED) is 0.716. The van der Waals surface area contributed by atoms with E-state index in [2.05, 4.69) is 18.7 Å².